The summed E-state index contributed by atoms with van der Waals surface area (Å²) >= 11 is 0. The topological polar surface area (TPSA) is 118 Å². The molecule has 174 valence electrons. The highest BCUT2D eigenvalue weighted by Gasteiger charge is 2.27. The Morgan fingerprint density at radius 3 is 2.82 bits per heavy atom. The number of benzene rings is 1. The van der Waals surface area contributed by atoms with Crippen molar-refractivity contribution in [2.45, 2.75) is 19.6 Å². The molecule has 1 aliphatic rings. The molecule has 0 radical (unpaired) electrons. The zero-order valence-corrected chi connectivity index (χ0v) is 18.6. The number of carboxylic acid groups (broad SMARTS) is 1. The number of carbonyl (C=O) groups is 1. The number of carboxylic acids is 1. The molecular formula is C24H22N4O6. The summed E-state index contributed by atoms with van der Waals surface area (Å²) in [4.78, 5) is 24.0. The summed E-state index contributed by atoms with van der Waals surface area (Å²) in [6.07, 6.45) is 4.34. The van der Waals surface area contributed by atoms with Crippen molar-refractivity contribution in [2.24, 2.45) is 0 Å². The molecule has 34 heavy (non-hydrogen) atoms. The fourth-order valence-electron chi connectivity index (χ4n) is 3.80. The summed E-state index contributed by atoms with van der Waals surface area (Å²) in [5.74, 6) is 1.17. The van der Waals surface area contributed by atoms with Crippen LogP contribution in [0.3, 0.4) is 0 Å². The Hall–Kier alpha value is -4.34. The summed E-state index contributed by atoms with van der Waals surface area (Å²) < 4.78 is 25.1. The Labute approximate surface area is 194 Å². The van der Waals surface area contributed by atoms with Crippen molar-refractivity contribution in [3.05, 3.63) is 65.7 Å². The molecule has 0 aliphatic carbocycles. The number of ether oxygens (including phenoxy) is 4. The van der Waals surface area contributed by atoms with Gasteiger partial charge in [0, 0.05) is 24.0 Å². The molecule has 5 rings (SSSR count). The average molecular weight is 462 g/mol. The van der Waals surface area contributed by atoms with Crippen LogP contribution in [0.25, 0.3) is 11.2 Å². The lowest BCUT2D eigenvalue weighted by Gasteiger charge is -2.28. The van der Waals surface area contributed by atoms with Crippen LogP contribution in [0.2, 0.25) is 0 Å². The van der Waals surface area contributed by atoms with Crippen LogP contribution in [0.15, 0.2) is 49.1 Å². The van der Waals surface area contributed by atoms with E-state index in [1.165, 1.54) is 12.3 Å². The van der Waals surface area contributed by atoms with E-state index in [-0.39, 0.29) is 11.7 Å². The third-order valence-electron chi connectivity index (χ3n) is 5.43. The maximum atomic E-state index is 11.2. The molecule has 10 heteroatoms. The third-order valence-corrected chi connectivity index (χ3v) is 5.43. The van der Waals surface area contributed by atoms with Crippen LogP contribution in [0.5, 0.6) is 23.1 Å². The lowest BCUT2D eigenvalue weighted by Crippen LogP contribution is -2.22. The summed E-state index contributed by atoms with van der Waals surface area (Å²) in [7, 11) is 1.58. The van der Waals surface area contributed by atoms with Crippen LogP contribution < -0.4 is 18.9 Å². The van der Waals surface area contributed by atoms with E-state index in [0.717, 1.165) is 11.1 Å². The highest BCUT2D eigenvalue weighted by Crippen LogP contribution is 2.44. The van der Waals surface area contributed by atoms with E-state index >= 15 is 0 Å². The zero-order valence-electron chi connectivity index (χ0n) is 18.6. The molecule has 0 saturated heterocycles. The summed E-state index contributed by atoms with van der Waals surface area (Å²) in [5.41, 5.74) is 2.95. The smallest absolute Gasteiger partial charge is 0.337 e. The maximum absolute atomic E-state index is 11.2. The molecule has 1 atom stereocenters. The van der Waals surface area contributed by atoms with Crippen molar-refractivity contribution in [3.8, 4) is 23.1 Å². The number of hydrogen-bond acceptors (Lipinski definition) is 8. The molecule has 1 N–H and O–H groups in total. The Morgan fingerprint density at radius 1 is 1.21 bits per heavy atom. The summed E-state index contributed by atoms with van der Waals surface area (Å²) in [5, 5.41) is 9.16. The SMILES string of the molecule is CCOc1ccc(C2COc3cc(Cn4cnc5cc(C(=O)O)cnc54)cc(OC)c3O2)cn1. The van der Waals surface area contributed by atoms with Gasteiger partial charge in [-0.3, -0.25) is 0 Å². The molecule has 4 heterocycles. The molecule has 0 saturated carbocycles. The Kier molecular flexibility index (Phi) is 5.62. The van der Waals surface area contributed by atoms with Crippen LogP contribution in [-0.4, -0.2) is 50.9 Å². The van der Waals surface area contributed by atoms with Crippen LogP contribution in [-0.2, 0) is 6.54 Å². The van der Waals surface area contributed by atoms with Gasteiger partial charge >= 0.3 is 5.97 Å². The Balaban J connectivity index is 1.39. The van der Waals surface area contributed by atoms with E-state index in [0.29, 0.717) is 54.1 Å². The van der Waals surface area contributed by atoms with Gasteiger partial charge in [-0.25, -0.2) is 19.7 Å². The maximum Gasteiger partial charge on any atom is 0.337 e. The van der Waals surface area contributed by atoms with Gasteiger partial charge in [0.15, 0.2) is 23.3 Å². The molecule has 0 spiro atoms. The molecule has 1 aliphatic heterocycles. The number of aromatic nitrogens is 4. The molecule has 3 aromatic heterocycles. The minimum atomic E-state index is -1.04. The van der Waals surface area contributed by atoms with E-state index in [4.69, 9.17) is 24.1 Å². The van der Waals surface area contributed by atoms with E-state index in [2.05, 4.69) is 15.0 Å². The van der Waals surface area contributed by atoms with Crippen molar-refractivity contribution >= 4 is 17.1 Å². The third kappa shape index (κ3) is 4.05. The van der Waals surface area contributed by atoms with Crippen LogP contribution in [0, 0.1) is 0 Å². The molecular weight excluding hydrogens is 440 g/mol. The van der Waals surface area contributed by atoms with Gasteiger partial charge < -0.3 is 28.6 Å². The number of methoxy groups -OCH3 is 1. The summed E-state index contributed by atoms with van der Waals surface area (Å²) in [6, 6.07) is 8.98. The molecule has 10 nitrogen and oxygen atoms in total. The normalized spacial score (nSPS) is 14.7. The predicted octanol–water partition coefficient (Wildman–Crippen LogP) is 3.49. The van der Waals surface area contributed by atoms with Crippen molar-refractivity contribution in [1.82, 2.24) is 19.5 Å². The number of nitrogens with zero attached hydrogens (tertiary/aromatic N) is 4. The van der Waals surface area contributed by atoms with Gasteiger partial charge in [0.1, 0.15) is 12.1 Å². The van der Waals surface area contributed by atoms with Crippen molar-refractivity contribution in [1.29, 1.82) is 0 Å². The predicted molar refractivity (Wildman–Crippen MR) is 121 cm³/mol. The molecule has 1 aromatic carbocycles. The van der Waals surface area contributed by atoms with E-state index < -0.39 is 5.97 Å². The minimum absolute atomic E-state index is 0.0935. The number of pyridine rings is 2. The Bertz CT molecular complexity index is 1330. The van der Waals surface area contributed by atoms with Gasteiger partial charge in [0.25, 0.3) is 0 Å². The second-order valence-electron chi connectivity index (χ2n) is 7.65. The zero-order chi connectivity index (χ0) is 23.7. The van der Waals surface area contributed by atoms with Gasteiger partial charge in [0.05, 0.1) is 32.2 Å². The van der Waals surface area contributed by atoms with Gasteiger partial charge in [0.2, 0.25) is 11.6 Å². The molecule has 1 unspecified atom stereocenters. The van der Waals surface area contributed by atoms with Crippen LogP contribution >= 0.6 is 0 Å². The first kappa shape index (κ1) is 21.5. The lowest BCUT2D eigenvalue weighted by atomic mass is 10.1. The van der Waals surface area contributed by atoms with Crippen molar-refractivity contribution < 1.29 is 28.8 Å². The molecule has 0 bridgehead atoms. The largest absolute Gasteiger partial charge is 0.493 e. The highest BCUT2D eigenvalue weighted by atomic mass is 16.6. The van der Waals surface area contributed by atoms with E-state index in [9.17, 15) is 4.79 Å². The van der Waals surface area contributed by atoms with Gasteiger partial charge in [-0.15, -0.1) is 0 Å². The van der Waals surface area contributed by atoms with Crippen molar-refractivity contribution in [2.75, 3.05) is 20.3 Å². The lowest BCUT2D eigenvalue weighted by molar-refractivity contribution is 0.0696. The molecule has 0 amide bonds. The van der Waals surface area contributed by atoms with Gasteiger partial charge in [-0.1, -0.05) is 0 Å². The minimum Gasteiger partial charge on any atom is -0.493 e. The first-order chi connectivity index (χ1) is 16.6. The number of fused-ring (bicyclic) bond motifs is 2. The molecule has 4 aromatic rings. The van der Waals surface area contributed by atoms with Gasteiger partial charge in [-0.2, -0.15) is 0 Å². The monoisotopic (exact) mass is 462 g/mol. The number of rotatable bonds is 7. The summed E-state index contributed by atoms with van der Waals surface area (Å²) in [6.45, 7) is 3.22. The van der Waals surface area contributed by atoms with Gasteiger partial charge in [-0.05, 0) is 36.8 Å². The van der Waals surface area contributed by atoms with E-state index in [1.807, 2.05) is 29.7 Å². The van der Waals surface area contributed by atoms with Crippen LogP contribution in [0.1, 0.15) is 34.5 Å². The van der Waals surface area contributed by atoms with Crippen molar-refractivity contribution in [3.63, 3.8) is 0 Å². The number of hydrogen-bond donors (Lipinski definition) is 1. The second kappa shape index (κ2) is 8.89. The highest BCUT2D eigenvalue weighted by molar-refractivity contribution is 5.90. The average Bonchev–Trinajstić information content (AvgIpc) is 3.25. The number of aromatic carboxylic acids is 1. The van der Waals surface area contributed by atoms with E-state index in [1.54, 1.807) is 25.7 Å². The second-order valence-corrected chi connectivity index (χ2v) is 7.65. The Morgan fingerprint density at radius 2 is 2.09 bits per heavy atom. The standard InChI is InChI=1S/C24H22N4O6/c1-3-32-21-5-4-15(9-25-21)20-12-33-19-7-14(6-18(31-2)22(19)34-20)11-28-13-27-17-8-16(24(29)30)10-26-23(17)28/h4-10,13,20H,3,11-12H2,1-2H3,(H,29,30). The number of imidazole rings is 1. The fraction of sp³-hybridized carbons (Fsp3) is 0.250. The first-order valence-corrected chi connectivity index (χ1v) is 10.7. The quantitative estimate of drug-likeness (QED) is 0.440. The fourth-order valence-corrected chi connectivity index (χ4v) is 3.80. The first-order valence-electron chi connectivity index (χ1n) is 10.7. The van der Waals surface area contributed by atoms with Crippen LogP contribution in [0.4, 0.5) is 0 Å². The molecule has 0 fully saturated rings.